The van der Waals surface area contributed by atoms with Crippen LogP contribution in [0.3, 0.4) is 0 Å². The van der Waals surface area contributed by atoms with E-state index in [-0.39, 0.29) is 18.6 Å². The van der Waals surface area contributed by atoms with Crippen LogP contribution in [0.15, 0.2) is 81.6 Å². The molecule has 258 valence electrons. The van der Waals surface area contributed by atoms with Crippen LogP contribution in [0.5, 0.6) is 0 Å². The van der Waals surface area contributed by atoms with Crippen molar-refractivity contribution < 1.29 is 19.4 Å². The van der Waals surface area contributed by atoms with E-state index in [2.05, 4.69) is 96.8 Å². The average molecular weight is 724 g/mol. The number of ether oxygens (including phenoxy) is 1. The number of nitrogens with zero attached hydrogens (tertiary/aromatic N) is 3. The first-order valence-corrected chi connectivity index (χ1v) is 19.5. The molecule has 1 amide bonds. The summed E-state index contributed by atoms with van der Waals surface area (Å²) in [5.74, 6) is -1.16. The highest BCUT2D eigenvalue weighted by atomic mass is 32.2. The molecule has 0 spiro atoms. The van der Waals surface area contributed by atoms with Gasteiger partial charge in [-0.2, -0.15) is 0 Å². The number of carbonyl (C=O) groups is 2. The zero-order valence-corrected chi connectivity index (χ0v) is 30.8. The van der Waals surface area contributed by atoms with Crippen LogP contribution in [0.25, 0.3) is 18.2 Å². The van der Waals surface area contributed by atoms with Gasteiger partial charge in [0, 0.05) is 29.4 Å². The van der Waals surface area contributed by atoms with Crippen molar-refractivity contribution in [3.8, 4) is 0 Å². The molecule has 3 aromatic rings. The van der Waals surface area contributed by atoms with Gasteiger partial charge in [-0.1, -0.05) is 123 Å². The van der Waals surface area contributed by atoms with Gasteiger partial charge in [-0.25, -0.2) is 0 Å². The Morgan fingerprint density at radius 3 is 2.38 bits per heavy atom. The fourth-order valence-electron chi connectivity index (χ4n) is 6.84. The Hall–Kier alpha value is -3.83. The predicted octanol–water partition coefficient (Wildman–Crippen LogP) is 8.92. The zero-order valence-electron chi connectivity index (χ0n) is 28.3. The van der Waals surface area contributed by atoms with Crippen LogP contribution < -0.4 is 4.90 Å². The number of epoxide rings is 1. The van der Waals surface area contributed by atoms with Crippen molar-refractivity contribution in [2.75, 3.05) is 24.5 Å². The van der Waals surface area contributed by atoms with Gasteiger partial charge in [0.05, 0.1) is 5.03 Å². The summed E-state index contributed by atoms with van der Waals surface area (Å²) in [6, 6.07) is 24.1. The largest absolute Gasteiger partial charge is 0.480 e. The number of thioether (sulfide) groups is 2. The Balaban J connectivity index is 1.08. The molecule has 3 aromatic carbocycles. The first-order chi connectivity index (χ1) is 24.3. The number of hydrogen-bond donors (Lipinski definition) is 1. The van der Waals surface area contributed by atoms with E-state index in [1.807, 2.05) is 6.92 Å². The van der Waals surface area contributed by atoms with Gasteiger partial charge in [-0.05, 0) is 78.3 Å². The fourth-order valence-corrected chi connectivity index (χ4v) is 9.63. The lowest BCUT2D eigenvalue weighted by molar-refractivity contribution is -0.138. The number of rotatable bonds is 11. The number of aliphatic carboxylic acids is 1. The minimum Gasteiger partial charge on any atom is -0.480 e. The number of hydrogen-bond acceptors (Lipinski definition) is 8. The van der Waals surface area contributed by atoms with Gasteiger partial charge in [-0.15, -0.1) is 0 Å². The molecule has 4 aliphatic rings. The van der Waals surface area contributed by atoms with Crippen molar-refractivity contribution in [3.63, 3.8) is 0 Å². The molecule has 7 rings (SSSR count). The van der Waals surface area contributed by atoms with E-state index in [9.17, 15) is 14.7 Å². The minimum atomic E-state index is -0.976. The molecule has 10 heteroatoms. The summed E-state index contributed by atoms with van der Waals surface area (Å²) in [7, 11) is 0. The number of benzene rings is 3. The Morgan fingerprint density at radius 1 is 0.900 bits per heavy atom. The lowest BCUT2D eigenvalue weighted by Gasteiger charge is -2.28. The maximum atomic E-state index is 13.2. The Labute approximate surface area is 308 Å². The molecule has 4 heterocycles. The lowest BCUT2D eigenvalue weighted by atomic mass is 10.0. The van der Waals surface area contributed by atoms with Crippen molar-refractivity contribution in [1.82, 2.24) is 9.80 Å². The topological polar surface area (TPSA) is 76.6 Å². The number of carbonyl (C=O) groups excluding carboxylic acids is 1. The van der Waals surface area contributed by atoms with Gasteiger partial charge in [0.1, 0.15) is 21.9 Å². The van der Waals surface area contributed by atoms with Crippen LogP contribution in [0, 0.1) is 0 Å². The van der Waals surface area contributed by atoms with Crippen LogP contribution >= 0.6 is 35.7 Å². The number of carboxylic acids is 1. The molecule has 50 heavy (non-hydrogen) atoms. The average Bonchev–Trinajstić information content (AvgIpc) is 3.89. The third-order valence-corrected chi connectivity index (χ3v) is 12.3. The first-order valence-electron chi connectivity index (χ1n) is 17.4. The highest BCUT2D eigenvalue weighted by Crippen LogP contribution is 2.53. The number of thiocarbonyl (C=S) groups is 1. The molecule has 4 aliphatic heterocycles. The highest BCUT2D eigenvalue weighted by Gasteiger charge is 2.54. The van der Waals surface area contributed by atoms with E-state index in [4.69, 9.17) is 17.0 Å². The summed E-state index contributed by atoms with van der Waals surface area (Å²) in [5, 5.41) is 10.2. The Bertz CT molecular complexity index is 1900. The molecule has 2 atom stereocenters. The van der Waals surface area contributed by atoms with E-state index in [0.29, 0.717) is 20.8 Å². The lowest BCUT2D eigenvalue weighted by Crippen LogP contribution is -2.36. The summed E-state index contributed by atoms with van der Waals surface area (Å²) in [6.45, 7) is 5.40. The number of unbranched alkanes of at least 4 members (excludes halogenated alkanes) is 3. The monoisotopic (exact) mass is 723 g/mol. The Morgan fingerprint density at radius 2 is 1.62 bits per heavy atom. The summed E-state index contributed by atoms with van der Waals surface area (Å²) in [5.41, 5.74) is 8.79. The van der Waals surface area contributed by atoms with Crippen molar-refractivity contribution in [1.29, 1.82) is 0 Å². The minimum absolute atomic E-state index is 0.186. The van der Waals surface area contributed by atoms with Gasteiger partial charge in [0.2, 0.25) is 0 Å². The Kier molecular flexibility index (Phi) is 10.5. The molecule has 3 saturated heterocycles. The van der Waals surface area contributed by atoms with E-state index < -0.39 is 12.2 Å². The highest BCUT2D eigenvalue weighted by molar-refractivity contribution is 8.27. The number of anilines is 2. The number of amides is 1. The van der Waals surface area contributed by atoms with Crippen LogP contribution in [0.2, 0.25) is 0 Å². The summed E-state index contributed by atoms with van der Waals surface area (Å²) in [4.78, 5) is 32.1. The van der Waals surface area contributed by atoms with Crippen LogP contribution in [0.4, 0.5) is 11.4 Å². The van der Waals surface area contributed by atoms with Gasteiger partial charge in [0.25, 0.3) is 5.91 Å². The quantitative estimate of drug-likeness (QED) is 0.0686. The zero-order chi connectivity index (χ0) is 34.8. The second kappa shape index (κ2) is 15.2. The third-order valence-electron chi connectivity index (χ3n) is 9.49. The molecule has 2 unspecified atom stereocenters. The molecule has 0 bridgehead atoms. The van der Waals surface area contributed by atoms with Gasteiger partial charge in [-0.3, -0.25) is 14.5 Å². The molecular formula is C40H41N3O4S3. The van der Waals surface area contributed by atoms with Gasteiger partial charge in [0.15, 0.2) is 6.23 Å². The smallest absolute Gasteiger partial charge is 0.323 e. The number of aryl methyl sites for hydroxylation is 2. The summed E-state index contributed by atoms with van der Waals surface area (Å²) in [6.07, 6.45) is 12.8. The summed E-state index contributed by atoms with van der Waals surface area (Å²) >= 11 is 8.07. The maximum absolute atomic E-state index is 13.2. The van der Waals surface area contributed by atoms with Gasteiger partial charge >= 0.3 is 5.97 Å². The number of para-hydroxylation sites is 1. The molecule has 3 fully saturated rings. The SMILES string of the molecule is CCCCCCN1c2ccccc2CCc2cc(/C=C/c3ccc(/C=C4/S/C(=C5/SC(=S)N(CC)C5=O)N(CC(=O)O)C5OC45)cc3)ccc21. The van der Waals surface area contributed by atoms with Crippen LogP contribution in [-0.2, 0) is 27.2 Å². The van der Waals surface area contributed by atoms with Crippen molar-refractivity contribution in [2.24, 2.45) is 0 Å². The van der Waals surface area contributed by atoms with Crippen molar-refractivity contribution >= 4 is 81.5 Å². The fraction of sp³-hybridized carbons (Fsp3) is 0.325. The number of fused-ring (bicyclic) bond motifs is 3. The molecule has 0 aromatic heterocycles. The molecule has 7 nitrogen and oxygen atoms in total. The summed E-state index contributed by atoms with van der Waals surface area (Å²) < 4.78 is 6.44. The van der Waals surface area contributed by atoms with Crippen LogP contribution in [0.1, 0.15) is 67.3 Å². The van der Waals surface area contributed by atoms with E-state index in [1.165, 1.54) is 77.3 Å². The number of likely N-dealkylation sites (N-methyl/N-ethyl adjacent to an activating group) is 1. The molecular weight excluding hydrogens is 683 g/mol. The second-order valence-corrected chi connectivity index (χ2v) is 15.6. The third kappa shape index (κ3) is 7.30. The molecule has 0 radical (unpaired) electrons. The van der Waals surface area contributed by atoms with Crippen molar-refractivity contribution in [2.45, 2.75) is 64.7 Å². The second-order valence-electron chi connectivity index (χ2n) is 12.9. The van der Waals surface area contributed by atoms with Crippen LogP contribution in [-0.4, -0.2) is 63.1 Å². The molecule has 1 N–H and O–H groups in total. The predicted molar refractivity (Wildman–Crippen MR) is 210 cm³/mol. The number of carboxylic acid groups (broad SMARTS) is 1. The standard InChI is InChI=1S/C40H41N3O4S3/c1-3-5-6-9-22-42-31-11-8-7-10-29(31)19-20-30-23-27(18-21-32(30)42)15-12-26-13-16-28(17-14-26)24-33-35-38(47-35)43(25-34(44)45)39(49-33)36-37(46)41(4-2)40(48)50-36/h7-8,10-18,21,23-24,35,38H,3-6,9,19-20,22,25H2,1-2H3,(H,44,45)/b15-12+,33-24+,39-36+. The van der Waals surface area contributed by atoms with Gasteiger partial charge < -0.3 is 19.6 Å². The normalized spacial score (nSPS) is 22.2. The van der Waals surface area contributed by atoms with E-state index in [1.54, 1.807) is 9.80 Å². The molecule has 0 aliphatic carbocycles. The van der Waals surface area contributed by atoms with E-state index in [0.717, 1.165) is 35.4 Å². The van der Waals surface area contributed by atoms with E-state index >= 15 is 0 Å². The maximum Gasteiger partial charge on any atom is 0.323 e. The van der Waals surface area contributed by atoms with Crippen molar-refractivity contribution in [3.05, 3.63) is 109 Å². The molecule has 0 saturated carbocycles. The first kappa shape index (κ1) is 34.6.